The van der Waals surface area contributed by atoms with Gasteiger partial charge in [0, 0.05) is 6.42 Å². The van der Waals surface area contributed by atoms with Crippen molar-refractivity contribution in [3.63, 3.8) is 0 Å². The van der Waals surface area contributed by atoms with Crippen molar-refractivity contribution in [2.24, 2.45) is 0 Å². The van der Waals surface area contributed by atoms with Gasteiger partial charge in [-0.2, -0.15) is 0 Å². The first-order valence-electron chi connectivity index (χ1n) is 8.86. The van der Waals surface area contributed by atoms with E-state index in [0.29, 0.717) is 6.42 Å². The highest BCUT2D eigenvalue weighted by Gasteiger charge is 2.35. The van der Waals surface area contributed by atoms with Crippen LogP contribution in [0.1, 0.15) is 85.5 Å². The Morgan fingerprint density at radius 3 is 1.70 bits per heavy atom. The van der Waals surface area contributed by atoms with Gasteiger partial charge in [0.15, 0.2) is 0 Å². The predicted octanol–water partition coefficient (Wildman–Crippen LogP) is 6.07. The standard InChI is InChI=1S/C17H36O2Si/c1-5-9-10-11-12-13-17(18)19-20(14-6-2,15-7-3)16-8-4/h5-16H2,1-4H3. The first kappa shape index (κ1) is 19.7. The van der Waals surface area contributed by atoms with Crippen LogP contribution in [0.5, 0.6) is 0 Å². The van der Waals surface area contributed by atoms with E-state index in [1.54, 1.807) is 0 Å². The Labute approximate surface area is 127 Å². The average molecular weight is 301 g/mol. The molecule has 2 nitrogen and oxygen atoms in total. The second-order valence-electron chi connectivity index (χ2n) is 6.07. The molecule has 20 heavy (non-hydrogen) atoms. The fraction of sp³-hybridized carbons (Fsp3) is 0.941. The lowest BCUT2D eigenvalue weighted by atomic mass is 10.1. The lowest BCUT2D eigenvalue weighted by Crippen LogP contribution is -2.40. The smallest absolute Gasteiger partial charge is 0.292 e. The zero-order valence-electron chi connectivity index (χ0n) is 14.3. The summed E-state index contributed by atoms with van der Waals surface area (Å²) in [5.74, 6) is 0.0866. The minimum atomic E-state index is -1.78. The number of carbonyl (C=O) groups excluding carboxylic acids is 1. The molecular weight excluding hydrogens is 264 g/mol. The summed E-state index contributed by atoms with van der Waals surface area (Å²) in [6, 6.07) is 3.45. The van der Waals surface area contributed by atoms with Crippen LogP contribution >= 0.6 is 0 Å². The minimum absolute atomic E-state index is 0.0866. The Morgan fingerprint density at radius 1 is 0.750 bits per heavy atom. The van der Waals surface area contributed by atoms with E-state index in [1.807, 2.05) is 0 Å². The zero-order valence-corrected chi connectivity index (χ0v) is 15.3. The maximum Gasteiger partial charge on any atom is 0.292 e. The maximum atomic E-state index is 12.1. The van der Waals surface area contributed by atoms with Crippen molar-refractivity contribution in [1.29, 1.82) is 0 Å². The Kier molecular flexibility index (Phi) is 12.2. The molecular formula is C17H36O2Si. The molecule has 0 heterocycles. The van der Waals surface area contributed by atoms with Crippen LogP contribution in [0.25, 0.3) is 0 Å². The Morgan fingerprint density at radius 2 is 1.25 bits per heavy atom. The summed E-state index contributed by atoms with van der Waals surface area (Å²) in [5, 5.41) is 0. The van der Waals surface area contributed by atoms with Crippen LogP contribution in [-0.2, 0) is 9.22 Å². The molecule has 3 heteroatoms. The molecule has 0 unspecified atom stereocenters. The normalized spacial score (nSPS) is 11.6. The monoisotopic (exact) mass is 300 g/mol. The van der Waals surface area contributed by atoms with Gasteiger partial charge in [-0.1, -0.05) is 72.6 Å². The molecule has 0 bridgehead atoms. The molecule has 0 aliphatic carbocycles. The Hall–Kier alpha value is -0.313. The number of hydrogen-bond acceptors (Lipinski definition) is 2. The SMILES string of the molecule is CCCCCCCC(=O)O[Si](CCC)(CCC)CCC. The van der Waals surface area contributed by atoms with Gasteiger partial charge < -0.3 is 4.43 Å². The summed E-state index contributed by atoms with van der Waals surface area (Å²) >= 11 is 0. The van der Waals surface area contributed by atoms with Gasteiger partial charge in [-0.3, -0.25) is 4.79 Å². The highest BCUT2D eigenvalue weighted by Crippen LogP contribution is 2.28. The molecule has 120 valence electrons. The van der Waals surface area contributed by atoms with Crippen LogP contribution in [0.4, 0.5) is 0 Å². The van der Waals surface area contributed by atoms with E-state index in [0.717, 1.165) is 43.8 Å². The van der Waals surface area contributed by atoms with Gasteiger partial charge in [-0.05, 0) is 24.6 Å². The van der Waals surface area contributed by atoms with Crippen molar-refractivity contribution in [2.75, 3.05) is 0 Å². The van der Waals surface area contributed by atoms with E-state index in [9.17, 15) is 4.79 Å². The molecule has 0 saturated heterocycles. The molecule has 0 aromatic carbocycles. The number of hydrogen-bond donors (Lipinski definition) is 0. The highest BCUT2D eigenvalue weighted by atomic mass is 28.4. The summed E-state index contributed by atoms with van der Waals surface area (Å²) in [6.07, 6.45) is 10.1. The van der Waals surface area contributed by atoms with E-state index in [-0.39, 0.29) is 5.97 Å². The Balaban J connectivity index is 4.22. The third-order valence-electron chi connectivity index (χ3n) is 3.93. The molecule has 0 rings (SSSR count). The zero-order chi connectivity index (χ0) is 15.3. The van der Waals surface area contributed by atoms with Gasteiger partial charge in [0.25, 0.3) is 14.3 Å². The summed E-state index contributed by atoms with van der Waals surface area (Å²) in [5.41, 5.74) is 0. The molecule has 0 saturated carbocycles. The van der Waals surface area contributed by atoms with E-state index in [1.165, 1.54) is 25.7 Å². The number of rotatable bonds is 13. The molecule has 0 atom stereocenters. The van der Waals surface area contributed by atoms with E-state index >= 15 is 0 Å². The highest BCUT2D eigenvalue weighted by molar-refractivity contribution is 6.75. The molecule has 0 amide bonds. The van der Waals surface area contributed by atoms with Crippen LogP contribution in [0.15, 0.2) is 0 Å². The molecule has 0 spiro atoms. The van der Waals surface area contributed by atoms with Crippen molar-refractivity contribution < 1.29 is 9.22 Å². The van der Waals surface area contributed by atoms with Crippen LogP contribution in [-0.4, -0.2) is 14.3 Å². The summed E-state index contributed by atoms with van der Waals surface area (Å²) in [4.78, 5) is 12.1. The summed E-state index contributed by atoms with van der Waals surface area (Å²) in [7, 11) is -1.78. The van der Waals surface area contributed by atoms with Gasteiger partial charge in [0.2, 0.25) is 0 Å². The van der Waals surface area contributed by atoms with Crippen molar-refractivity contribution in [3.8, 4) is 0 Å². The molecule has 0 aliphatic rings. The first-order valence-corrected chi connectivity index (χ1v) is 11.4. The molecule has 0 aromatic rings. The second-order valence-corrected chi connectivity index (χ2v) is 10.1. The fourth-order valence-electron chi connectivity index (χ4n) is 3.06. The van der Waals surface area contributed by atoms with Crippen LogP contribution in [0, 0.1) is 0 Å². The molecule has 0 radical (unpaired) electrons. The predicted molar refractivity (Wildman–Crippen MR) is 90.5 cm³/mol. The van der Waals surface area contributed by atoms with Gasteiger partial charge in [-0.15, -0.1) is 0 Å². The molecule has 0 aliphatic heterocycles. The molecule has 0 N–H and O–H groups in total. The average Bonchev–Trinajstić information content (AvgIpc) is 2.39. The quantitative estimate of drug-likeness (QED) is 0.305. The molecule has 0 aromatic heterocycles. The third-order valence-corrected chi connectivity index (χ3v) is 8.83. The van der Waals surface area contributed by atoms with E-state index in [4.69, 9.17) is 4.43 Å². The van der Waals surface area contributed by atoms with Gasteiger partial charge >= 0.3 is 0 Å². The van der Waals surface area contributed by atoms with Crippen molar-refractivity contribution in [1.82, 2.24) is 0 Å². The van der Waals surface area contributed by atoms with Crippen molar-refractivity contribution >= 4 is 14.3 Å². The van der Waals surface area contributed by atoms with Crippen molar-refractivity contribution in [3.05, 3.63) is 0 Å². The minimum Gasteiger partial charge on any atom is -0.519 e. The summed E-state index contributed by atoms with van der Waals surface area (Å²) in [6.45, 7) is 8.86. The fourth-order valence-corrected chi connectivity index (χ4v) is 7.44. The van der Waals surface area contributed by atoms with Crippen LogP contribution in [0.3, 0.4) is 0 Å². The van der Waals surface area contributed by atoms with E-state index < -0.39 is 8.32 Å². The maximum absolute atomic E-state index is 12.1. The topological polar surface area (TPSA) is 26.3 Å². The number of carbonyl (C=O) groups is 1. The lowest BCUT2D eigenvalue weighted by molar-refractivity contribution is -0.135. The van der Waals surface area contributed by atoms with E-state index in [2.05, 4.69) is 27.7 Å². The van der Waals surface area contributed by atoms with Gasteiger partial charge in [0.05, 0.1) is 0 Å². The first-order chi connectivity index (χ1) is 9.64. The Bertz CT molecular complexity index is 224. The summed E-state index contributed by atoms with van der Waals surface area (Å²) < 4.78 is 6.07. The second kappa shape index (κ2) is 12.4. The number of unbranched alkanes of at least 4 members (excludes halogenated alkanes) is 4. The molecule has 0 fully saturated rings. The van der Waals surface area contributed by atoms with Gasteiger partial charge in [0.1, 0.15) is 0 Å². The lowest BCUT2D eigenvalue weighted by Gasteiger charge is -2.30. The largest absolute Gasteiger partial charge is 0.519 e. The van der Waals surface area contributed by atoms with Gasteiger partial charge in [-0.25, -0.2) is 0 Å². The third kappa shape index (κ3) is 8.78. The van der Waals surface area contributed by atoms with Crippen LogP contribution < -0.4 is 0 Å². The van der Waals surface area contributed by atoms with Crippen molar-refractivity contribution in [2.45, 2.75) is 104 Å². The van der Waals surface area contributed by atoms with Crippen LogP contribution in [0.2, 0.25) is 18.1 Å².